The van der Waals surface area contributed by atoms with Gasteiger partial charge in [0.15, 0.2) is 5.84 Å². The molecule has 2 aromatic carbocycles. The number of nitrogens with zero attached hydrogens (tertiary/aromatic N) is 3. The van der Waals surface area contributed by atoms with Crippen molar-refractivity contribution in [2.45, 2.75) is 44.6 Å². The van der Waals surface area contributed by atoms with Crippen molar-refractivity contribution in [2.75, 3.05) is 14.2 Å². The normalized spacial score (nSPS) is 13.6. The second-order valence-electron chi connectivity index (χ2n) is 9.49. The lowest BCUT2D eigenvalue weighted by Gasteiger charge is -2.06. The first-order valence-electron chi connectivity index (χ1n) is 13.5. The van der Waals surface area contributed by atoms with E-state index in [-0.39, 0.29) is 17.5 Å². The minimum absolute atomic E-state index is 0.0255. The maximum Gasteiger partial charge on any atom is 0.252 e. The third kappa shape index (κ3) is 9.22. The first-order valence-corrected chi connectivity index (χ1v) is 13.9. The lowest BCUT2D eigenvalue weighted by molar-refractivity contribution is 0.0997. The van der Waals surface area contributed by atoms with Crippen LogP contribution in [-0.2, 0) is 0 Å². The molecule has 0 atom stereocenters. The summed E-state index contributed by atoms with van der Waals surface area (Å²) >= 11 is 5.65. The lowest BCUT2D eigenvalue weighted by atomic mass is 10.2. The number of ether oxygens (including phenoxy) is 2. The quantitative estimate of drug-likeness (QED) is 0.112. The van der Waals surface area contributed by atoms with Gasteiger partial charge in [-0.15, -0.1) is 0 Å². The highest BCUT2D eigenvalue weighted by Gasteiger charge is 2.16. The topological polar surface area (TPSA) is 186 Å². The van der Waals surface area contributed by atoms with Crippen molar-refractivity contribution in [1.82, 2.24) is 15.0 Å². The van der Waals surface area contributed by atoms with Gasteiger partial charge in [-0.1, -0.05) is 43.4 Å². The number of H-pyrrole nitrogens is 1. The highest BCUT2D eigenvalue weighted by atomic mass is 35.5. The van der Waals surface area contributed by atoms with E-state index in [0.717, 1.165) is 19.2 Å². The second kappa shape index (κ2) is 16.2. The number of rotatable bonds is 6. The molecule has 0 spiro atoms. The van der Waals surface area contributed by atoms with E-state index >= 15 is 0 Å². The molecule has 1 saturated carbocycles. The van der Waals surface area contributed by atoms with E-state index in [4.69, 9.17) is 43.1 Å². The summed E-state index contributed by atoms with van der Waals surface area (Å²) in [5, 5.41) is 16.5. The molecule has 1 aliphatic carbocycles. The highest BCUT2D eigenvalue weighted by molar-refractivity contribution is 6.31. The summed E-state index contributed by atoms with van der Waals surface area (Å²) in [6.07, 6.45) is 9.61. The average Bonchev–Trinajstić information content (AvgIpc) is 3.27. The molecule has 43 heavy (non-hydrogen) atoms. The van der Waals surface area contributed by atoms with Crippen LogP contribution in [0.15, 0.2) is 53.7 Å². The number of aliphatic hydroxyl groups excluding tert-OH is 1. The first kappa shape index (κ1) is 33.0. The van der Waals surface area contributed by atoms with Gasteiger partial charge in [0.25, 0.3) is 5.91 Å². The zero-order valence-corrected chi connectivity index (χ0v) is 24.7. The zero-order chi connectivity index (χ0) is 31.4. The van der Waals surface area contributed by atoms with Gasteiger partial charge in [-0.3, -0.25) is 15.2 Å². The Labute approximate surface area is 253 Å². The standard InChI is InChI=1S/C15H13FN6O.C8H8ClNO2.C7H14O/c1-23-12-4-2-3-8(16)13(12)15-21-9-5-10(14(18)20-7-17)19-6-11(9)22-15;1-12-7-3-2-5(9)4-6(7)8(10)11;8-7-5-3-1-2-4-6-7/h2-7H,1H3,(H,21,22)(H3,17,18,20);2-4H,1H3,(H2,10,11);7-8H,1-6H2. The van der Waals surface area contributed by atoms with Gasteiger partial charge < -0.3 is 31.0 Å². The number of nitrogens with two attached hydrogens (primary N) is 2. The largest absolute Gasteiger partial charge is 0.496 e. The number of carbonyl (C=O) groups excluding carboxylic acids is 1. The molecule has 1 fully saturated rings. The van der Waals surface area contributed by atoms with Gasteiger partial charge >= 0.3 is 0 Å². The van der Waals surface area contributed by atoms with Crippen molar-refractivity contribution >= 4 is 40.7 Å². The van der Waals surface area contributed by atoms with Gasteiger partial charge in [0.1, 0.15) is 35.2 Å². The molecule has 1 aliphatic rings. The Morgan fingerprint density at radius 3 is 2.44 bits per heavy atom. The van der Waals surface area contributed by atoms with E-state index in [2.05, 4.69) is 19.9 Å². The maximum atomic E-state index is 14.1. The molecule has 0 unspecified atom stereocenters. The van der Waals surface area contributed by atoms with E-state index in [0.29, 0.717) is 44.6 Å². The molecule has 0 radical (unpaired) electrons. The number of methoxy groups -OCH3 is 2. The predicted molar refractivity (Wildman–Crippen MR) is 166 cm³/mol. The summed E-state index contributed by atoms with van der Waals surface area (Å²) < 4.78 is 24.2. The van der Waals surface area contributed by atoms with Crippen LogP contribution < -0.4 is 20.9 Å². The molecule has 11 nitrogen and oxygen atoms in total. The Morgan fingerprint density at radius 1 is 1.12 bits per heavy atom. The predicted octanol–water partition coefficient (Wildman–Crippen LogP) is 5.23. The summed E-state index contributed by atoms with van der Waals surface area (Å²) in [6.45, 7) is 0. The van der Waals surface area contributed by atoms with E-state index in [1.807, 2.05) is 0 Å². The molecule has 4 aromatic rings. The van der Waals surface area contributed by atoms with Crippen molar-refractivity contribution in [3.8, 4) is 22.9 Å². The fourth-order valence-corrected chi connectivity index (χ4v) is 4.51. The minimum Gasteiger partial charge on any atom is -0.496 e. The molecular formula is C30H35ClFN7O4. The van der Waals surface area contributed by atoms with Crippen LogP contribution in [0.25, 0.3) is 22.4 Å². The maximum absolute atomic E-state index is 14.1. The SMILES string of the molecule is COc1ccc(Cl)cc1C(N)=O.COc1cccc(F)c1-c1nc2cc(C(N)=NC=N)ncc2[nH]1.OC1CCCCCC1. The van der Waals surface area contributed by atoms with Crippen LogP contribution in [0.2, 0.25) is 5.02 Å². The van der Waals surface area contributed by atoms with Crippen LogP contribution in [-0.4, -0.2) is 58.5 Å². The summed E-state index contributed by atoms with van der Waals surface area (Å²) in [6, 6.07) is 10.9. The summed E-state index contributed by atoms with van der Waals surface area (Å²) in [5.74, 6) is 0.260. The first-order chi connectivity index (χ1) is 20.7. The number of aliphatic hydroxyl groups is 1. The Balaban J connectivity index is 0.000000210. The van der Waals surface area contributed by atoms with Gasteiger partial charge in [0, 0.05) is 5.02 Å². The molecular weight excluding hydrogens is 577 g/mol. The fraction of sp³-hybridized carbons (Fsp3) is 0.300. The van der Waals surface area contributed by atoms with Gasteiger partial charge in [-0.25, -0.2) is 14.4 Å². The zero-order valence-electron chi connectivity index (χ0n) is 23.9. The molecule has 0 saturated heterocycles. The number of benzene rings is 2. The van der Waals surface area contributed by atoms with Crippen molar-refractivity contribution in [1.29, 1.82) is 5.41 Å². The monoisotopic (exact) mass is 611 g/mol. The number of primary amides is 1. The number of halogens is 2. The summed E-state index contributed by atoms with van der Waals surface area (Å²) in [7, 11) is 2.94. The van der Waals surface area contributed by atoms with Gasteiger partial charge in [0.05, 0.1) is 48.7 Å². The van der Waals surface area contributed by atoms with Crippen LogP contribution in [0.5, 0.6) is 11.5 Å². The average molecular weight is 612 g/mol. The molecule has 7 N–H and O–H groups in total. The third-order valence-corrected chi connectivity index (χ3v) is 6.75. The number of amides is 1. The molecule has 2 heterocycles. The Kier molecular flexibility index (Phi) is 12.4. The Hall–Kier alpha value is -4.55. The van der Waals surface area contributed by atoms with E-state index in [1.54, 1.807) is 30.3 Å². The van der Waals surface area contributed by atoms with Crippen molar-refractivity contribution < 1.29 is 23.8 Å². The van der Waals surface area contributed by atoms with Crippen molar-refractivity contribution in [3.05, 3.63) is 70.8 Å². The van der Waals surface area contributed by atoms with Gasteiger partial charge in [0.2, 0.25) is 0 Å². The number of amidine groups is 1. The Morgan fingerprint density at radius 2 is 1.81 bits per heavy atom. The highest BCUT2D eigenvalue weighted by Crippen LogP contribution is 2.31. The Bertz CT molecular complexity index is 1570. The third-order valence-electron chi connectivity index (χ3n) is 6.52. The van der Waals surface area contributed by atoms with Crippen molar-refractivity contribution in [3.63, 3.8) is 0 Å². The fourth-order valence-electron chi connectivity index (χ4n) is 4.34. The number of aliphatic imine (C=N–C) groups is 1. The lowest BCUT2D eigenvalue weighted by Crippen LogP contribution is -2.14. The number of hydrogen-bond donors (Lipinski definition) is 5. The van der Waals surface area contributed by atoms with Crippen LogP contribution in [0.1, 0.15) is 54.6 Å². The number of aromatic nitrogens is 3. The van der Waals surface area contributed by atoms with Gasteiger partial charge in [-0.2, -0.15) is 0 Å². The smallest absolute Gasteiger partial charge is 0.252 e. The van der Waals surface area contributed by atoms with Crippen LogP contribution in [0.4, 0.5) is 4.39 Å². The van der Waals surface area contributed by atoms with Crippen molar-refractivity contribution in [2.24, 2.45) is 16.5 Å². The number of imidazole rings is 1. The molecule has 2 aromatic heterocycles. The number of pyridine rings is 1. The molecule has 5 rings (SSSR count). The number of aromatic amines is 1. The van der Waals surface area contributed by atoms with Crippen LogP contribution >= 0.6 is 11.6 Å². The van der Waals surface area contributed by atoms with E-state index < -0.39 is 11.7 Å². The summed E-state index contributed by atoms with van der Waals surface area (Å²) in [4.78, 5) is 26.0. The molecule has 0 aliphatic heterocycles. The number of fused-ring (bicyclic) bond motifs is 1. The van der Waals surface area contributed by atoms with E-state index in [1.165, 1.54) is 58.2 Å². The van der Waals surface area contributed by atoms with Crippen LogP contribution in [0, 0.1) is 11.2 Å². The van der Waals surface area contributed by atoms with E-state index in [9.17, 15) is 9.18 Å². The van der Waals surface area contributed by atoms with Crippen LogP contribution in [0.3, 0.4) is 0 Å². The number of nitrogens with one attached hydrogen (secondary N) is 2. The second-order valence-corrected chi connectivity index (χ2v) is 9.92. The molecule has 228 valence electrons. The molecule has 1 amide bonds. The van der Waals surface area contributed by atoms with Gasteiger partial charge in [-0.05, 0) is 49.2 Å². The molecule has 13 heteroatoms. The minimum atomic E-state index is -0.547. The molecule has 0 bridgehead atoms. The number of carbonyl (C=O) groups is 1. The summed E-state index contributed by atoms with van der Waals surface area (Å²) in [5.41, 5.74) is 12.9. The number of hydrogen-bond acceptors (Lipinski definition) is 7.